The highest BCUT2D eigenvalue weighted by atomic mass is 16.4. The number of phenols is 1. The predicted molar refractivity (Wildman–Crippen MR) is 98.0 cm³/mol. The summed E-state index contributed by atoms with van der Waals surface area (Å²) in [7, 11) is 0. The van der Waals surface area contributed by atoms with Crippen LogP contribution in [0.1, 0.15) is 37.3 Å². The van der Waals surface area contributed by atoms with Crippen LogP contribution in [0.5, 0.6) is 5.75 Å². The maximum atomic E-state index is 12.0. The number of hydrogen-bond acceptors (Lipinski definition) is 5. The fraction of sp³-hybridized carbons (Fsp3) is 0.550. The summed E-state index contributed by atoms with van der Waals surface area (Å²) in [6.07, 6.45) is 4.68. The number of aryl methyl sites for hydroxylation is 1. The first-order valence-electron chi connectivity index (χ1n) is 9.39. The summed E-state index contributed by atoms with van der Waals surface area (Å²) in [6.45, 7) is 7.24. The Kier molecular flexibility index (Phi) is 4.52. The molecule has 1 atom stereocenters. The number of hydrogen-bond donors (Lipinski definition) is 1. The Labute approximate surface area is 147 Å². The molecule has 0 saturated carbocycles. The van der Waals surface area contributed by atoms with Gasteiger partial charge in [0.1, 0.15) is 11.3 Å². The molecule has 4 rings (SSSR count). The molecule has 1 aromatic heterocycles. The van der Waals surface area contributed by atoms with Gasteiger partial charge in [-0.3, -0.25) is 9.80 Å². The van der Waals surface area contributed by atoms with Gasteiger partial charge in [-0.2, -0.15) is 0 Å². The molecule has 1 aromatic carbocycles. The average Bonchev–Trinajstić information content (AvgIpc) is 2.61. The van der Waals surface area contributed by atoms with Crippen molar-refractivity contribution in [3.8, 4) is 5.75 Å². The van der Waals surface area contributed by atoms with Crippen molar-refractivity contribution >= 4 is 11.0 Å². The van der Waals surface area contributed by atoms with Crippen LogP contribution < -0.4 is 5.63 Å². The third-order valence-corrected chi connectivity index (χ3v) is 5.73. The molecule has 5 nitrogen and oxygen atoms in total. The number of fused-ring (bicyclic) bond motifs is 2. The zero-order valence-corrected chi connectivity index (χ0v) is 14.8. The van der Waals surface area contributed by atoms with E-state index in [0.717, 1.165) is 49.1 Å². The number of aromatic hydroxyl groups is 1. The summed E-state index contributed by atoms with van der Waals surface area (Å²) < 4.78 is 5.32. The highest BCUT2D eigenvalue weighted by molar-refractivity contribution is 5.82. The van der Waals surface area contributed by atoms with Crippen molar-refractivity contribution in [1.29, 1.82) is 0 Å². The van der Waals surface area contributed by atoms with Crippen LogP contribution in [0.4, 0.5) is 0 Å². The van der Waals surface area contributed by atoms with Crippen LogP contribution in [0.2, 0.25) is 0 Å². The van der Waals surface area contributed by atoms with Gasteiger partial charge in [0.05, 0.1) is 0 Å². The highest BCUT2D eigenvalue weighted by Crippen LogP contribution is 2.28. The van der Waals surface area contributed by atoms with Crippen molar-refractivity contribution < 1.29 is 9.52 Å². The van der Waals surface area contributed by atoms with Crippen molar-refractivity contribution in [2.75, 3.05) is 26.2 Å². The summed E-state index contributed by atoms with van der Waals surface area (Å²) in [5, 5.41) is 11.0. The third-order valence-electron chi connectivity index (χ3n) is 5.73. The Balaban J connectivity index is 1.63. The third kappa shape index (κ3) is 3.31. The van der Waals surface area contributed by atoms with Crippen molar-refractivity contribution in [1.82, 2.24) is 9.80 Å². The summed E-state index contributed by atoms with van der Waals surface area (Å²) >= 11 is 0. The topological polar surface area (TPSA) is 56.9 Å². The van der Waals surface area contributed by atoms with E-state index in [1.165, 1.54) is 25.8 Å². The van der Waals surface area contributed by atoms with Gasteiger partial charge in [0.15, 0.2) is 0 Å². The quantitative estimate of drug-likeness (QED) is 0.869. The largest absolute Gasteiger partial charge is 0.508 e. The maximum Gasteiger partial charge on any atom is 0.336 e. The van der Waals surface area contributed by atoms with E-state index in [1.807, 2.05) is 13.0 Å². The molecule has 2 fully saturated rings. The summed E-state index contributed by atoms with van der Waals surface area (Å²) in [4.78, 5) is 17.0. The van der Waals surface area contributed by atoms with Gasteiger partial charge in [0, 0.05) is 49.7 Å². The smallest absolute Gasteiger partial charge is 0.336 e. The Bertz CT molecular complexity index is 830. The van der Waals surface area contributed by atoms with E-state index >= 15 is 0 Å². The maximum absolute atomic E-state index is 12.0. The van der Waals surface area contributed by atoms with Gasteiger partial charge in [-0.1, -0.05) is 13.3 Å². The molecule has 2 aromatic rings. The van der Waals surface area contributed by atoms with E-state index in [4.69, 9.17) is 4.42 Å². The van der Waals surface area contributed by atoms with E-state index < -0.39 is 0 Å². The lowest BCUT2D eigenvalue weighted by Gasteiger charge is -2.44. The molecule has 0 bridgehead atoms. The first-order chi connectivity index (χ1) is 12.1. The average molecular weight is 342 g/mol. The van der Waals surface area contributed by atoms with Crippen molar-refractivity contribution in [2.45, 2.75) is 45.2 Å². The number of benzene rings is 1. The van der Waals surface area contributed by atoms with Gasteiger partial charge in [0.2, 0.25) is 0 Å². The van der Waals surface area contributed by atoms with Gasteiger partial charge in [0.25, 0.3) is 0 Å². The second-order valence-electron chi connectivity index (χ2n) is 7.34. The van der Waals surface area contributed by atoms with Crippen molar-refractivity contribution in [3.63, 3.8) is 0 Å². The second-order valence-corrected chi connectivity index (χ2v) is 7.34. The molecule has 2 aliphatic heterocycles. The van der Waals surface area contributed by atoms with Crippen LogP contribution in [0.3, 0.4) is 0 Å². The lowest BCUT2D eigenvalue weighted by molar-refractivity contribution is 0.0458. The fourth-order valence-electron chi connectivity index (χ4n) is 4.33. The van der Waals surface area contributed by atoms with E-state index in [-0.39, 0.29) is 11.4 Å². The molecule has 1 N–H and O–H groups in total. The molecule has 25 heavy (non-hydrogen) atoms. The first-order valence-corrected chi connectivity index (χ1v) is 9.39. The standard InChI is InChI=1S/C20H26N2O3/c1-2-14-9-17-15(10-20(24)25-19(17)11-18(14)23)12-21-7-8-22-6-4-3-5-16(22)13-21/h9-11,16,23H,2-8,12-13H2,1H3. The number of nitrogens with zero attached hydrogens (tertiary/aromatic N) is 2. The molecule has 134 valence electrons. The Morgan fingerprint density at radius 2 is 2.04 bits per heavy atom. The number of piperidine rings is 1. The number of piperazine rings is 1. The zero-order valence-electron chi connectivity index (χ0n) is 14.8. The molecule has 2 aliphatic rings. The van der Waals surface area contributed by atoms with Gasteiger partial charge < -0.3 is 9.52 Å². The van der Waals surface area contributed by atoms with Crippen LogP contribution in [-0.2, 0) is 13.0 Å². The van der Waals surface area contributed by atoms with E-state index in [9.17, 15) is 9.90 Å². The molecule has 2 saturated heterocycles. The number of phenolic OH excluding ortho intramolecular Hbond substituents is 1. The molecule has 0 amide bonds. The van der Waals surface area contributed by atoms with Crippen LogP contribution in [-0.4, -0.2) is 47.1 Å². The Morgan fingerprint density at radius 1 is 1.16 bits per heavy atom. The summed E-state index contributed by atoms with van der Waals surface area (Å²) in [5.74, 6) is 0.200. The predicted octanol–water partition coefficient (Wildman–Crippen LogP) is 2.73. The zero-order chi connectivity index (χ0) is 17.4. The monoisotopic (exact) mass is 342 g/mol. The molecule has 0 spiro atoms. The molecule has 0 aliphatic carbocycles. The second kappa shape index (κ2) is 6.81. The molecule has 1 unspecified atom stereocenters. The van der Waals surface area contributed by atoms with Crippen LogP contribution in [0, 0.1) is 0 Å². The lowest BCUT2D eigenvalue weighted by atomic mass is 9.98. The molecule has 5 heteroatoms. The van der Waals surface area contributed by atoms with Crippen LogP contribution >= 0.6 is 0 Å². The summed E-state index contributed by atoms with van der Waals surface area (Å²) in [5.41, 5.74) is 2.03. The van der Waals surface area contributed by atoms with Gasteiger partial charge >= 0.3 is 5.63 Å². The fourth-order valence-corrected chi connectivity index (χ4v) is 4.33. The minimum Gasteiger partial charge on any atom is -0.508 e. The normalized spacial score (nSPS) is 22.2. The van der Waals surface area contributed by atoms with Crippen LogP contribution in [0.25, 0.3) is 11.0 Å². The van der Waals surface area contributed by atoms with Gasteiger partial charge in [-0.25, -0.2) is 4.79 Å². The Hall–Kier alpha value is -1.85. The minimum absolute atomic E-state index is 0.200. The summed E-state index contributed by atoms with van der Waals surface area (Å²) in [6, 6.07) is 5.83. The van der Waals surface area contributed by atoms with E-state index in [0.29, 0.717) is 11.6 Å². The lowest BCUT2D eigenvalue weighted by Crippen LogP contribution is -2.54. The van der Waals surface area contributed by atoms with E-state index in [1.54, 1.807) is 12.1 Å². The molecule has 0 radical (unpaired) electrons. The SMILES string of the molecule is CCc1cc2c(CN3CCN4CCCCC4C3)cc(=O)oc2cc1O. The van der Waals surface area contributed by atoms with Crippen LogP contribution in [0.15, 0.2) is 27.4 Å². The van der Waals surface area contributed by atoms with Crippen molar-refractivity contribution in [2.24, 2.45) is 0 Å². The van der Waals surface area contributed by atoms with Crippen molar-refractivity contribution in [3.05, 3.63) is 39.7 Å². The number of rotatable bonds is 3. The molecular weight excluding hydrogens is 316 g/mol. The first kappa shape index (κ1) is 16.6. The highest BCUT2D eigenvalue weighted by Gasteiger charge is 2.29. The van der Waals surface area contributed by atoms with Gasteiger partial charge in [-0.15, -0.1) is 0 Å². The Morgan fingerprint density at radius 3 is 2.88 bits per heavy atom. The molecular formula is C20H26N2O3. The van der Waals surface area contributed by atoms with Gasteiger partial charge in [-0.05, 0) is 43.0 Å². The van der Waals surface area contributed by atoms with E-state index in [2.05, 4.69) is 9.80 Å². The molecule has 3 heterocycles. The minimum atomic E-state index is -0.345.